The van der Waals surface area contributed by atoms with Crippen LogP contribution in [0.15, 0.2) is 60.7 Å². The van der Waals surface area contributed by atoms with Crippen LogP contribution in [-0.4, -0.2) is 55.3 Å². The fourth-order valence-electron chi connectivity index (χ4n) is 3.62. The highest BCUT2D eigenvalue weighted by molar-refractivity contribution is 6.30. The highest BCUT2D eigenvalue weighted by Gasteiger charge is 2.17. The zero-order chi connectivity index (χ0) is 20.2. The SMILES string of the molecule is O=C(O)c1ccc2cc(OCCN3CCN(c4ccc(Cl)cc4)CC3)ccc2c1. The zero-order valence-corrected chi connectivity index (χ0v) is 16.8. The number of aromatic carboxylic acids is 1. The van der Waals surface area contributed by atoms with E-state index >= 15 is 0 Å². The van der Waals surface area contributed by atoms with E-state index in [4.69, 9.17) is 21.4 Å². The average molecular weight is 411 g/mol. The van der Waals surface area contributed by atoms with E-state index in [1.807, 2.05) is 36.4 Å². The third-order valence-corrected chi connectivity index (χ3v) is 5.55. The molecule has 1 aliphatic rings. The minimum atomic E-state index is -0.914. The van der Waals surface area contributed by atoms with E-state index in [1.54, 1.807) is 12.1 Å². The van der Waals surface area contributed by atoms with E-state index in [1.165, 1.54) is 5.69 Å². The summed E-state index contributed by atoms with van der Waals surface area (Å²) in [5.74, 6) is -0.108. The molecule has 0 atom stereocenters. The number of carboxylic acid groups (broad SMARTS) is 1. The summed E-state index contributed by atoms with van der Waals surface area (Å²) < 4.78 is 5.93. The van der Waals surface area contributed by atoms with Gasteiger partial charge in [-0.2, -0.15) is 0 Å². The van der Waals surface area contributed by atoms with Crippen molar-refractivity contribution in [2.75, 3.05) is 44.2 Å². The molecule has 1 saturated heterocycles. The van der Waals surface area contributed by atoms with E-state index < -0.39 is 5.97 Å². The van der Waals surface area contributed by atoms with Gasteiger partial charge in [0, 0.05) is 43.4 Å². The van der Waals surface area contributed by atoms with Crippen LogP contribution in [0.25, 0.3) is 10.8 Å². The molecule has 0 amide bonds. The van der Waals surface area contributed by atoms with Crippen LogP contribution in [0.4, 0.5) is 5.69 Å². The smallest absolute Gasteiger partial charge is 0.335 e. The molecule has 0 aliphatic carbocycles. The van der Waals surface area contributed by atoms with Crippen molar-refractivity contribution < 1.29 is 14.6 Å². The lowest BCUT2D eigenvalue weighted by Gasteiger charge is -2.36. The second kappa shape index (κ2) is 8.72. The fraction of sp³-hybridized carbons (Fsp3) is 0.261. The molecule has 0 unspecified atom stereocenters. The molecule has 3 aromatic rings. The van der Waals surface area contributed by atoms with Gasteiger partial charge in [0.1, 0.15) is 12.4 Å². The quantitative estimate of drug-likeness (QED) is 0.653. The number of benzene rings is 3. The predicted molar refractivity (Wildman–Crippen MR) is 117 cm³/mol. The van der Waals surface area contributed by atoms with Crippen molar-refractivity contribution >= 4 is 34.0 Å². The topological polar surface area (TPSA) is 53.0 Å². The van der Waals surface area contributed by atoms with Crippen LogP contribution < -0.4 is 9.64 Å². The molecule has 3 aromatic carbocycles. The highest BCUT2D eigenvalue weighted by atomic mass is 35.5. The van der Waals surface area contributed by atoms with Gasteiger partial charge in [-0.05, 0) is 59.3 Å². The predicted octanol–water partition coefficient (Wildman–Crippen LogP) is 4.39. The van der Waals surface area contributed by atoms with E-state index in [9.17, 15) is 4.79 Å². The molecule has 0 aromatic heterocycles. The lowest BCUT2D eigenvalue weighted by Crippen LogP contribution is -2.47. The van der Waals surface area contributed by atoms with Crippen molar-refractivity contribution in [3.63, 3.8) is 0 Å². The van der Waals surface area contributed by atoms with Crippen LogP contribution in [0.1, 0.15) is 10.4 Å². The second-order valence-electron chi connectivity index (χ2n) is 7.18. The van der Waals surface area contributed by atoms with Gasteiger partial charge in [0.15, 0.2) is 0 Å². The number of nitrogens with zero attached hydrogens (tertiary/aromatic N) is 2. The number of carboxylic acids is 1. The van der Waals surface area contributed by atoms with Gasteiger partial charge < -0.3 is 14.7 Å². The first-order chi connectivity index (χ1) is 14.1. The summed E-state index contributed by atoms with van der Waals surface area (Å²) >= 11 is 5.97. The molecule has 4 rings (SSSR count). The van der Waals surface area contributed by atoms with E-state index in [0.29, 0.717) is 12.2 Å². The largest absolute Gasteiger partial charge is 0.492 e. The first kappa shape index (κ1) is 19.6. The van der Waals surface area contributed by atoms with Gasteiger partial charge in [-0.15, -0.1) is 0 Å². The standard InChI is InChI=1S/C23H23ClN2O3/c24-20-4-6-21(7-5-20)26-11-9-25(10-12-26)13-14-29-22-8-3-17-15-19(23(27)28)2-1-18(17)16-22/h1-8,15-16H,9-14H2,(H,27,28). The van der Waals surface area contributed by atoms with Gasteiger partial charge in [-0.1, -0.05) is 23.7 Å². The molecule has 29 heavy (non-hydrogen) atoms. The molecular formula is C23H23ClN2O3. The van der Waals surface area contributed by atoms with E-state index in [0.717, 1.165) is 54.3 Å². The van der Waals surface area contributed by atoms with Gasteiger partial charge in [0.2, 0.25) is 0 Å². The first-order valence-corrected chi connectivity index (χ1v) is 10.1. The lowest BCUT2D eigenvalue weighted by molar-refractivity contribution is 0.0697. The van der Waals surface area contributed by atoms with Gasteiger partial charge in [0.25, 0.3) is 0 Å². The summed E-state index contributed by atoms with van der Waals surface area (Å²) in [5.41, 5.74) is 1.51. The normalized spacial score (nSPS) is 14.9. The minimum absolute atomic E-state index is 0.295. The molecule has 0 radical (unpaired) electrons. The van der Waals surface area contributed by atoms with Gasteiger partial charge in [-0.3, -0.25) is 4.90 Å². The molecule has 150 valence electrons. The van der Waals surface area contributed by atoms with Crippen molar-refractivity contribution in [1.82, 2.24) is 4.90 Å². The molecule has 0 spiro atoms. The van der Waals surface area contributed by atoms with E-state index in [2.05, 4.69) is 21.9 Å². The molecule has 1 fully saturated rings. The molecular weight excluding hydrogens is 388 g/mol. The van der Waals surface area contributed by atoms with Crippen molar-refractivity contribution in [3.05, 3.63) is 71.2 Å². The summed E-state index contributed by atoms with van der Waals surface area (Å²) in [7, 11) is 0. The molecule has 0 bridgehead atoms. The summed E-state index contributed by atoms with van der Waals surface area (Å²) in [4.78, 5) is 15.9. The maximum atomic E-state index is 11.1. The van der Waals surface area contributed by atoms with Crippen molar-refractivity contribution in [2.24, 2.45) is 0 Å². The molecule has 6 heteroatoms. The zero-order valence-electron chi connectivity index (χ0n) is 16.1. The number of piperazine rings is 1. The Labute approximate surface area is 175 Å². The number of hydrogen-bond donors (Lipinski definition) is 1. The minimum Gasteiger partial charge on any atom is -0.492 e. The maximum Gasteiger partial charge on any atom is 0.335 e. The summed E-state index contributed by atoms with van der Waals surface area (Å²) in [6, 6.07) is 18.9. The maximum absolute atomic E-state index is 11.1. The molecule has 5 nitrogen and oxygen atoms in total. The number of anilines is 1. The van der Waals surface area contributed by atoms with Crippen molar-refractivity contribution in [2.45, 2.75) is 0 Å². The Bertz CT molecular complexity index is 999. The number of rotatable bonds is 6. The summed E-state index contributed by atoms with van der Waals surface area (Å²) in [6.45, 7) is 5.49. The molecule has 1 aliphatic heterocycles. The Morgan fingerprint density at radius 2 is 1.62 bits per heavy atom. The molecule has 0 saturated carbocycles. The Morgan fingerprint density at radius 3 is 2.34 bits per heavy atom. The highest BCUT2D eigenvalue weighted by Crippen LogP contribution is 2.23. The van der Waals surface area contributed by atoms with Gasteiger partial charge in [-0.25, -0.2) is 4.79 Å². The number of carbonyl (C=O) groups is 1. The van der Waals surface area contributed by atoms with Gasteiger partial charge in [0.05, 0.1) is 5.56 Å². The van der Waals surface area contributed by atoms with Crippen LogP contribution in [0.3, 0.4) is 0 Å². The molecule has 1 N–H and O–H groups in total. The number of ether oxygens (including phenoxy) is 1. The average Bonchev–Trinajstić information content (AvgIpc) is 2.74. The number of halogens is 1. The fourth-order valence-corrected chi connectivity index (χ4v) is 3.75. The lowest BCUT2D eigenvalue weighted by atomic mass is 10.1. The van der Waals surface area contributed by atoms with E-state index in [-0.39, 0.29) is 0 Å². The Kier molecular flexibility index (Phi) is 5.88. The Balaban J connectivity index is 1.26. The van der Waals surface area contributed by atoms with Crippen LogP contribution in [0.5, 0.6) is 5.75 Å². The summed E-state index contributed by atoms with van der Waals surface area (Å²) in [6.07, 6.45) is 0. The number of fused-ring (bicyclic) bond motifs is 1. The molecule has 1 heterocycles. The third kappa shape index (κ3) is 4.81. The van der Waals surface area contributed by atoms with Crippen LogP contribution in [0, 0.1) is 0 Å². The summed E-state index contributed by atoms with van der Waals surface area (Å²) in [5, 5.41) is 11.7. The van der Waals surface area contributed by atoms with Crippen LogP contribution in [0.2, 0.25) is 5.02 Å². The monoisotopic (exact) mass is 410 g/mol. The third-order valence-electron chi connectivity index (χ3n) is 5.30. The van der Waals surface area contributed by atoms with Crippen molar-refractivity contribution in [1.29, 1.82) is 0 Å². The van der Waals surface area contributed by atoms with Crippen LogP contribution in [-0.2, 0) is 0 Å². The Morgan fingerprint density at radius 1 is 0.931 bits per heavy atom. The second-order valence-corrected chi connectivity index (χ2v) is 7.62. The van der Waals surface area contributed by atoms with Gasteiger partial charge >= 0.3 is 5.97 Å². The number of hydrogen-bond acceptors (Lipinski definition) is 4. The van der Waals surface area contributed by atoms with Crippen molar-refractivity contribution in [3.8, 4) is 5.75 Å². The van der Waals surface area contributed by atoms with Crippen LogP contribution >= 0.6 is 11.6 Å². The Hall–Kier alpha value is -2.76. The first-order valence-electron chi connectivity index (χ1n) is 9.71.